The maximum Gasteiger partial charge on any atom is 0.124 e. The third-order valence-corrected chi connectivity index (χ3v) is 4.43. The highest BCUT2D eigenvalue weighted by Gasteiger charge is 2.23. The van der Waals surface area contributed by atoms with Crippen molar-refractivity contribution in [3.05, 3.63) is 34.6 Å². The van der Waals surface area contributed by atoms with Gasteiger partial charge >= 0.3 is 0 Å². The van der Waals surface area contributed by atoms with Crippen molar-refractivity contribution in [3.8, 4) is 0 Å². The summed E-state index contributed by atoms with van der Waals surface area (Å²) in [6.07, 6.45) is 4.88. The Balaban J connectivity index is 1.93. The van der Waals surface area contributed by atoms with E-state index in [9.17, 15) is 4.39 Å². The van der Waals surface area contributed by atoms with Crippen LogP contribution in [0.4, 0.5) is 4.39 Å². The first kappa shape index (κ1) is 14.1. The lowest BCUT2D eigenvalue weighted by atomic mass is 9.85. The van der Waals surface area contributed by atoms with Gasteiger partial charge < -0.3 is 5.32 Å². The summed E-state index contributed by atoms with van der Waals surface area (Å²) in [6, 6.07) is 5.00. The second-order valence-electron chi connectivity index (χ2n) is 4.92. The van der Waals surface area contributed by atoms with Crippen molar-refractivity contribution in [3.63, 3.8) is 0 Å². The van der Waals surface area contributed by atoms with Crippen molar-refractivity contribution in [2.45, 2.75) is 38.3 Å². The van der Waals surface area contributed by atoms with E-state index in [0.717, 1.165) is 12.0 Å². The van der Waals surface area contributed by atoms with Crippen LogP contribution in [0.2, 0.25) is 5.02 Å². The normalized spacial score (nSPS) is 24.2. The van der Waals surface area contributed by atoms with Crippen LogP contribution >= 0.6 is 23.2 Å². The molecule has 0 amide bonds. The lowest BCUT2D eigenvalue weighted by Crippen LogP contribution is -2.39. The van der Waals surface area contributed by atoms with Gasteiger partial charge in [0.1, 0.15) is 5.82 Å². The zero-order valence-electron chi connectivity index (χ0n) is 10.3. The number of nitrogens with one attached hydrogen (secondary N) is 1. The molecular weight excluding hydrogens is 272 g/mol. The third-order valence-electron chi connectivity index (χ3n) is 3.68. The molecule has 0 aliphatic heterocycles. The first-order valence-corrected chi connectivity index (χ1v) is 7.35. The Bertz CT molecular complexity index is 397. The third kappa shape index (κ3) is 3.59. The zero-order chi connectivity index (χ0) is 13.0. The number of halogens is 3. The van der Waals surface area contributed by atoms with E-state index in [1.54, 1.807) is 6.07 Å². The molecule has 0 spiro atoms. The van der Waals surface area contributed by atoms with Crippen LogP contribution in [0.15, 0.2) is 18.2 Å². The van der Waals surface area contributed by atoms with Crippen LogP contribution in [0.5, 0.6) is 0 Å². The highest BCUT2D eigenvalue weighted by molar-refractivity contribution is 6.31. The predicted octanol–water partition coefficient (Wildman–Crippen LogP) is 4.37. The molecule has 1 fully saturated rings. The maximum atomic E-state index is 12.9. The zero-order valence-corrected chi connectivity index (χ0v) is 11.8. The summed E-state index contributed by atoms with van der Waals surface area (Å²) >= 11 is 12.0. The van der Waals surface area contributed by atoms with E-state index in [1.807, 2.05) is 0 Å². The SMILES string of the molecule is Fc1ccc(CNC2CCCCC2CCl)c(Cl)c1. The van der Waals surface area contributed by atoms with E-state index in [0.29, 0.717) is 29.4 Å². The van der Waals surface area contributed by atoms with Crippen molar-refractivity contribution in [2.75, 3.05) is 5.88 Å². The number of benzene rings is 1. The molecule has 0 heterocycles. The van der Waals surface area contributed by atoms with Crippen molar-refractivity contribution >= 4 is 23.2 Å². The largest absolute Gasteiger partial charge is 0.310 e. The van der Waals surface area contributed by atoms with Gasteiger partial charge in [0.25, 0.3) is 0 Å². The van der Waals surface area contributed by atoms with Crippen molar-refractivity contribution in [2.24, 2.45) is 5.92 Å². The standard InChI is InChI=1S/C14H18Cl2FN/c15-8-10-3-1-2-4-14(10)18-9-11-5-6-12(17)7-13(11)16/h5-7,10,14,18H,1-4,8-9H2. The van der Waals surface area contributed by atoms with Gasteiger partial charge in [-0.2, -0.15) is 0 Å². The first-order chi connectivity index (χ1) is 8.70. The summed E-state index contributed by atoms with van der Waals surface area (Å²) in [4.78, 5) is 0. The van der Waals surface area contributed by atoms with Gasteiger partial charge in [0.15, 0.2) is 0 Å². The maximum absolute atomic E-state index is 12.9. The van der Waals surface area contributed by atoms with Crippen LogP contribution in [-0.4, -0.2) is 11.9 Å². The molecule has 1 aliphatic rings. The molecule has 2 rings (SSSR count). The summed E-state index contributed by atoms with van der Waals surface area (Å²) in [7, 11) is 0. The molecular formula is C14H18Cl2FN. The molecule has 1 N–H and O–H groups in total. The fraction of sp³-hybridized carbons (Fsp3) is 0.571. The molecule has 1 saturated carbocycles. The van der Waals surface area contributed by atoms with Gasteiger partial charge in [0, 0.05) is 23.5 Å². The summed E-state index contributed by atoms with van der Waals surface area (Å²) in [6.45, 7) is 0.678. The number of rotatable bonds is 4. The van der Waals surface area contributed by atoms with E-state index in [-0.39, 0.29) is 5.82 Å². The predicted molar refractivity (Wildman–Crippen MR) is 74.7 cm³/mol. The Morgan fingerprint density at radius 1 is 1.28 bits per heavy atom. The number of alkyl halides is 1. The molecule has 100 valence electrons. The smallest absolute Gasteiger partial charge is 0.124 e. The number of hydrogen-bond donors (Lipinski definition) is 1. The van der Waals surface area contributed by atoms with E-state index in [1.165, 1.54) is 31.4 Å². The van der Waals surface area contributed by atoms with Gasteiger partial charge in [0.2, 0.25) is 0 Å². The lowest BCUT2D eigenvalue weighted by molar-refractivity contribution is 0.282. The average Bonchev–Trinajstić information content (AvgIpc) is 2.38. The monoisotopic (exact) mass is 289 g/mol. The van der Waals surface area contributed by atoms with Crippen LogP contribution in [0.3, 0.4) is 0 Å². The summed E-state index contributed by atoms with van der Waals surface area (Å²) < 4.78 is 12.9. The Kier molecular flexibility index (Phi) is 5.28. The minimum atomic E-state index is -0.292. The number of hydrogen-bond acceptors (Lipinski definition) is 1. The molecule has 1 aromatic carbocycles. The van der Waals surface area contributed by atoms with Crippen LogP contribution in [0.25, 0.3) is 0 Å². The molecule has 0 radical (unpaired) electrons. The van der Waals surface area contributed by atoms with Gasteiger partial charge in [-0.25, -0.2) is 4.39 Å². The Labute approximate surface area is 118 Å². The van der Waals surface area contributed by atoms with Gasteiger partial charge in [-0.05, 0) is 36.5 Å². The van der Waals surface area contributed by atoms with E-state index < -0.39 is 0 Å². The van der Waals surface area contributed by atoms with Crippen LogP contribution in [-0.2, 0) is 6.54 Å². The van der Waals surface area contributed by atoms with Crippen LogP contribution < -0.4 is 5.32 Å². The first-order valence-electron chi connectivity index (χ1n) is 6.44. The van der Waals surface area contributed by atoms with Crippen molar-refractivity contribution in [1.29, 1.82) is 0 Å². The summed E-state index contributed by atoms with van der Waals surface area (Å²) in [5.74, 6) is 0.953. The molecule has 2 unspecified atom stereocenters. The molecule has 2 atom stereocenters. The topological polar surface area (TPSA) is 12.0 Å². The van der Waals surface area contributed by atoms with E-state index >= 15 is 0 Å². The molecule has 0 saturated heterocycles. The highest BCUT2D eigenvalue weighted by atomic mass is 35.5. The van der Waals surface area contributed by atoms with E-state index in [4.69, 9.17) is 23.2 Å². The quantitative estimate of drug-likeness (QED) is 0.812. The Morgan fingerprint density at radius 3 is 2.78 bits per heavy atom. The molecule has 4 heteroatoms. The minimum absolute atomic E-state index is 0.292. The second-order valence-corrected chi connectivity index (χ2v) is 5.64. The molecule has 0 aromatic heterocycles. The molecule has 1 nitrogen and oxygen atoms in total. The van der Waals surface area contributed by atoms with Gasteiger partial charge in [0.05, 0.1) is 0 Å². The van der Waals surface area contributed by atoms with Crippen LogP contribution in [0, 0.1) is 11.7 Å². The highest BCUT2D eigenvalue weighted by Crippen LogP contribution is 2.26. The summed E-state index contributed by atoms with van der Waals surface area (Å²) in [5.41, 5.74) is 0.942. The van der Waals surface area contributed by atoms with Crippen LogP contribution in [0.1, 0.15) is 31.2 Å². The van der Waals surface area contributed by atoms with Gasteiger partial charge in [-0.15, -0.1) is 11.6 Å². The lowest BCUT2D eigenvalue weighted by Gasteiger charge is -2.31. The van der Waals surface area contributed by atoms with Crippen molar-refractivity contribution < 1.29 is 4.39 Å². The second kappa shape index (κ2) is 6.74. The molecule has 0 bridgehead atoms. The minimum Gasteiger partial charge on any atom is -0.310 e. The fourth-order valence-corrected chi connectivity index (χ4v) is 3.17. The van der Waals surface area contributed by atoms with Crippen molar-refractivity contribution in [1.82, 2.24) is 5.32 Å². The molecule has 1 aromatic rings. The fourth-order valence-electron chi connectivity index (χ4n) is 2.57. The van der Waals surface area contributed by atoms with Gasteiger partial charge in [-0.3, -0.25) is 0 Å². The van der Waals surface area contributed by atoms with Gasteiger partial charge in [-0.1, -0.05) is 30.5 Å². The molecule has 1 aliphatic carbocycles. The Morgan fingerprint density at radius 2 is 2.06 bits per heavy atom. The average molecular weight is 290 g/mol. The molecule has 18 heavy (non-hydrogen) atoms. The van der Waals surface area contributed by atoms with E-state index in [2.05, 4.69) is 5.32 Å². The summed E-state index contributed by atoms with van der Waals surface area (Å²) in [5, 5.41) is 3.99. The Hall–Kier alpha value is -0.310.